The SMILES string of the molecule is CCOc1cccc2c1nc(N)n2-c1ccc(Cl)c(Cl)c1. The third kappa shape index (κ3) is 2.41. The van der Waals surface area contributed by atoms with E-state index in [4.69, 9.17) is 33.7 Å². The van der Waals surface area contributed by atoms with Crippen molar-refractivity contribution < 1.29 is 4.74 Å². The number of anilines is 1. The topological polar surface area (TPSA) is 53.1 Å². The zero-order chi connectivity index (χ0) is 15.0. The summed E-state index contributed by atoms with van der Waals surface area (Å²) in [5, 5.41) is 0.967. The number of nitrogens with two attached hydrogens (primary N) is 1. The maximum Gasteiger partial charge on any atom is 0.206 e. The Hall–Kier alpha value is -1.91. The molecule has 0 aliphatic carbocycles. The molecule has 2 aromatic carbocycles. The second kappa shape index (κ2) is 5.47. The van der Waals surface area contributed by atoms with Crippen molar-refractivity contribution in [3.63, 3.8) is 0 Å². The van der Waals surface area contributed by atoms with Crippen LogP contribution in [0.15, 0.2) is 36.4 Å². The number of ether oxygens (including phenoxy) is 1. The standard InChI is InChI=1S/C15H13Cl2N3O/c1-2-21-13-5-3-4-12-14(13)19-15(18)20(12)9-6-7-10(16)11(17)8-9/h3-8H,2H2,1H3,(H2,18,19). The molecular formula is C15H13Cl2N3O. The molecule has 0 aliphatic rings. The summed E-state index contributed by atoms with van der Waals surface area (Å²) in [4.78, 5) is 4.40. The van der Waals surface area contributed by atoms with Crippen molar-refractivity contribution in [2.45, 2.75) is 6.92 Å². The maximum absolute atomic E-state index is 6.08. The van der Waals surface area contributed by atoms with E-state index in [2.05, 4.69) is 4.98 Å². The predicted molar refractivity (Wildman–Crippen MR) is 86.7 cm³/mol. The Morgan fingerprint density at radius 2 is 2.00 bits per heavy atom. The first-order chi connectivity index (χ1) is 10.1. The van der Waals surface area contributed by atoms with E-state index in [1.807, 2.05) is 35.8 Å². The van der Waals surface area contributed by atoms with Gasteiger partial charge in [-0.3, -0.25) is 4.57 Å². The Kier molecular flexibility index (Phi) is 3.66. The maximum atomic E-state index is 6.08. The molecule has 0 radical (unpaired) electrons. The van der Waals surface area contributed by atoms with Crippen molar-refractivity contribution in [1.29, 1.82) is 0 Å². The van der Waals surface area contributed by atoms with E-state index in [0.29, 0.717) is 28.3 Å². The van der Waals surface area contributed by atoms with Gasteiger partial charge in [0.05, 0.1) is 27.9 Å². The van der Waals surface area contributed by atoms with Gasteiger partial charge in [0.25, 0.3) is 0 Å². The highest BCUT2D eigenvalue weighted by atomic mass is 35.5. The lowest BCUT2D eigenvalue weighted by atomic mass is 10.2. The Bertz CT molecular complexity index is 814. The van der Waals surface area contributed by atoms with Crippen LogP contribution in [0, 0.1) is 0 Å². The molecule has 0 saturated heterocycles. The van der Waals surface area contributed by atoms with Gasteiger partial charge in [0, 0.05) is 0 Å². The number of aromatic nitrogens is 2. The Morgan fingerprint density at radius 3 is 2.71 bits per heavy atom. The summed E-state index contributed by atoms with van der Waals surface area (Å²) in [6.45, 7) is 2.50. The van der Waals surface area contributed by atoms with Crippen LogP contribution in [0.3, 0.4) is 0 Å². The van der Waals surface area contributed by atoms with Gasteiger partial charge < -0.3 is 10.5 Å². The van der Waals surface area contributed by atoms with Crippen LogP contribution in [0.4, 0.5) is 5.95 Å². The van der Waals surface area contributed by atoms with Crippen LogP contribution in [0.1, 0.15) is 6.92 Å². The van der Waals surface area contributed by atoms with Crippen molar-refractivity contribution >= 4 is 40.2 Å². The van der Waals surface area contributed by atoms with Crippen LogP contribution >= 0.6 is 23.2 Å². The van der Waals surface area contributed by atoms with Gasteiger partial charge >= 0.3 is 0 Å². The number of fused-ring (bicyclic) bond motifs is 1. The summed E-state index contributed by atoms with van der Waals surface area (Å²) in [6.07, 6.45) is 0. The molecule has 0 saturated carbocycles. The summed E-state index contributed by atoms with van der Waals surface area (Å²) in [7, 11) is 0. The van der Waals surface area contributed by atoms with Crippen molar-refractivity contribution in [1.82, 2.24) is 9.55 Å². The van der Waals surface area contributed by atoms with Crippen LogP contribution in [0.5, 0.6) is 5.75 Å². The van der Waals surface area contributed by atoms with Crippen molar-refractivity contribution in [2.75, 3.05) is 12.3 Å². The van der Waals surface area contributed by atoms with E-state index in [9.17, 15) is 0 Å². The molecule has 0 atom stereocenters. The fourth-order valence-corrected chi connectivity index (χ4v) is 2.55. The lowest BCUT2D eigenvalue weighted by Gasteiger charge is -2.08. The summed E-state index contributed by atoms with van der Waals surface area (Å²) in [5.74, 6) is 1.08. The molecule has 21 heavy (non-hydrogen) atoms. The molecule has 0 fully saturated rings. The fraction of sp³-hybridized carbons (Fsp3) is 0.133. The highest BCUT2D eigenvalue weighted by Crippen LogP contribution is 2.32. The van der Waals surface area contributed by atoms with Crippen LogP contribution in [0.25, 0.3) is 16.7 Å². The first kappa shape index (κ1) is 14.0. The van der Waals surface area contributed by atoms with E-state index in [1.54, 1.807) is 12.1 Å². The molecule has 1 heterocycles. The monoisotopic (exact) mass is 321 g/mol. The third-order valence-electron chi connectivity index (χ3n) is 3.14. The Labute approximate surface area is 132 Å². The molecule has 0 amide bonds. The molecule has 2 N–H and O–H groups in total. The van der Waals surface area contributed by atoms with Gasteiger partial charge in [0.15, 0.2) is 0 Å². The molecule has 108 valence electrons. The third-order valence-corrected chi connectivity index (χ3v) is 3.87. The average molecular weight is 322 g/mol. The number of nitrogens with zero attached hydrogens (tertiary/aromatic N) is 2. The first-order valence-electron chi connectivity index (χ1n) is 6.47. The smallest absolute Gasteiger partial charge is 0.206 e. The quantitative estimate of drug-likeness (QED) is 0.781. The number of para-hydroxylation sites is 1. The Morgan fingerprint density at radius 1 is 1.19 bits per heavy atom. The molecule has 3 aromatic rings. The summed E-state index contributed by atoms with van der Waals surface area (Å²) in [6, 6.07) is 11.0. The fourth-order valence-electron chi connectivity index (χ4n) is 2.26. The van der Waals surface area contributed by atoms with Crippen LogP contribution in [-0.4, -0.2) is 16.2 Å². The molecule has 0 spiro atoms. The molecule has 1 aromatic heterocycles. The molecule has 0 unspecified atom stereocenters. The molecule has 3 rings (SSSR count). The molecule has 0 aliphatic heterocycles. The number of nitrogen functional groups attached to an aromatic ring is 1. The number of imidazole rings is 1. The summed E-state index contributed by atoms with van der Waals surface area (Å²) >= 11 is 12.0. The van der Waals surface area contributed by atoms with Gasteiger partial charge in [-0.25, -0.2) is 4.98 Å². The minimum Gasteiger partial charge on any atom is -0.492 e. The second-order valence-corrected chi connectivity index (χ2v) is 5.28. The Balaban J connectivity index is 2.25. The minimum absolute atomic E-state index is 0.371. The molecule has 6 heteroatoms. The number of hydrogen-bond donors (Lipinski definition) is 1. The first-order valence-corrected chi connectivity index (χ1v) is 7.22. The van der Waals surface area contributed by atoms with E-state index >= 15 is 0 Å². The highest BCUT2D eigenvalue weighted by molar-refractivity contribution is 6.42. The molecule has 0 bridgehead atoms. The van der Waals surface area contributed by atoms with Crippen LogP contribution < -0.4 is 10.5 Å². The van der Waals surface area contributed by atoms with E-state index < -0.39 is 0 Å². The summed E-state index contributed by atoms with van der Waals surface area (Å²) < 4.78 is 7.41. The number of hydrogen-bond acceptors (Lipinski definition) is 3. The normalized spacial score (nSPS) is 11.0. The van der Waals surface area contributed by atoms with Gasteiger partial charge in [-0.05, 0) is 37.3 Å². The van der Waals surface area contributed by atoms with E-state index in [1.165, 1.54) is 0 Å². The zero-order valence-corrected chi connectivity index (χ0v) is 12.8. The molecule has 4 nitrogen and oxygen atoms in total. The highest BCUT2D eigenvalue weighted by Gasteiger charge is 2.14. The number of benzene rings is 2. The lowest BCUT2D eigenvalue weighted by molar-refractivity contribution is 0.344. The van der Waals surface area contributed by atoms with E-state index in [0.717, 1.165) is 16.7 Å². The second-order valence-electron chi connectivity index (χ2n) is 4.46. The largest absolute Gasteiger partial charge is 0.492 e. The van der Waals surface area contributed by atoms with E-state index in [-0.39, 0.29) is 0 Å². The van der Waals surface area contributed by atoms with Gasteiger partial charge in [-0.15, -0.1) is 0 Å². The zero-order valence-electron chi connectivity index (χ0n) is 11.3. The van der Waals surface area contributed by atoms with Crippen molar-refractivity contribution in [3.8, 4) is 11.4 Å². The number of halogens is 2. The van der Waals surface area contributed by atoms with Gasteiger partial charge in [0.1, 0.15) is 11.3 Å². The summed E-state index contributed by atoms with van der Waals surface area (Å²) in [5.41, 5.74) is 8.45. The average Bonchev–Trinajstić information content (AvgIpc) is 2.80. The minimum atomic E-state index is 0.371. The van der Waals surface area contributed by atoms with Gasteiger partial charge in [-0.2, -0.15) is 0 Å². The predicted octanol–water partition coefficient (Wildman–Crippen LogP) is 4.31. The van der Waals surface area contributed by atoms with Gasteiger partial charge in [-0.1, -0.05) is 29.3 Å². The van der Waals surface area contributed by atoms with Crippen molar-refractivity contribution in [3.05, 3.63) is 46.4 Å². The van der Waals surface area contributed by atoms with Crippen LogP contribution in [0.2, 0.25) is 10.0 Å². The van der Waals surface area contributed by atoms with Crippen molar-refractivity contribution in [2.24, 2.45) is 0 Å². The number of rotatable bonds is 3. The van der Waals surface area contributed by atoms with Crippen LogP contribution in [-0.2, 0) is 0 Å². The lowest BCUT2D eigenvalue weighted by Crippen LogP contribution is -2.00. The van der Waals surface area contributed by atoms with Gasteiger partial charge in [0.2, 0.25) is 5.95 Å². The molecular weight excluding hydrogens is 309 g/mol.